The average molecular weight is 311 g/mol. The maximum absolute atomic E-state index is 14.2. The molecule has 0 saturated carbocycles. The summed E-state index contributed by atoms with van der Waals surface area (Å²) < 4.78 is 56.7. The third-order valence-electron chi connectivity index (χ3n) is 3.35. The zero-order valence-electron chi connectivity index (χ0n) is 11.6. The molecule has 0 spiro atoms. The van der Waals surface area contributed by atoms with Crippen LogP contribution in [0.5, 0.6) is 0 Å². The predicted molar refractivity (Wildman–Crippen MR) is 74.7 cm³/mol. The van der Waals surface area contributed by atoms with Crippen molar-refractivity contribution in [2.24, 2.45) is 5.16 Å². The standard InChI is InChI=1S/C16H13F4NO/c1-11(21-22)12-7-9-14(10-8-12)16(19,20)15(17,18)13-5-3-2-4-6-13/h2-10,22H,1H3. The van der Waals surface area contributed by atoms with Gasteiger partial charge in [0.2, 0.25) is 0 Å². The maximum Gasteiger partial charge on any atom is 0.339 e. The van der Waals surface area contributed by atoms with Gasteiger partial charge in [0.25, 0.3) is 0 Å². The highest BCUT2D eigenvalue weighted by molar-refractivity contribution is 5.98. The molecule has 0 amide bonds. The lowest BCUT2D eigenvalue weighted by Gasteiger charge is -2.27. The van der Waals surface area contributed by atoms with Crippen molar-refractivity contribution in [1.29, 1.82) is 0 Å². The summed E-state index contributed by atoms with van der Waals surface area (Å²) >= 11 is 0. The van der Waals surface area contributed by atoms with Crippen LogP contribution in [-0.2, 0) is 11.8 Å². The third kappa shape index (κ3) is 2.68. The second kappa shape index (κ2) is 5.79. The van der Waals surface area contributed by atoms with Gasteiger partial charge in [0.05, 0.1) is 5.71 Å². The zero-order chi connectivity index (χ0) is 16.4. The fraction of sp³-hybridized carbons (Fsp3) is 0.188. The summed E-state index contributed by atoms with van der Waals surface area (Å²) in [5.74, 6) is -8.70. The van der Waals surface area contributed by atoms with E-state index in [0.717, 1.165) is 24.3 Å². The number of hydrogen-bond acceptors (Lipinski definition) is 2. The number of halogens is 4. The lowest BCUT2D eigenvalue weighted by atomic mass is 9.95. The summed E-state index contributed by atoms with van der Waals surface area (Å²) in [7, 11) is 0. The van der Waals surface area contributed by atoms with E-state index in [4.69, 9.17) is 5.21 Å². The van der Waals surface area contributed by atoms with Crippen molar-refractivity contribution in [1.82, 2.24) is 0 Å². The maximum atomic E-state index is 14.2. The smallest absolute Gasteiger partial charge is 0.339 e. The Morgan fingerprint density at radius 1 is 0.818 bits per heavy atom. The highest BCUT2D eigenvalue weighted by Gasteiger charge is 2.58. The summed E-state index contributed by atoms with van der Waals surface area (Å²) in [6.45, 7) is 1.46. The molecule has 0 aliphatic heterocycles. The van der Waals surface area contributed by atoms with E-state index in [-0.39, 0.29) is 5.71 Å². The van der Waals surface area contributed by atoms with Crippen molar-refractivity contribution in [2.75, 3.05) is 0 Å². The first-order valence-electron chi connectivity index (χ1n) is 6.41. The van der Waals surface area contributed by atoms with E-state index in [1.54, 1.807) is 0 Å². The fourth-order valence-electron chi connectivity index (χ4n) is 1.99. The molecule has 2 rings (SSSR count). The third-order valence-corrected chi connectivity index (χ3v) is 3.35. The molecule has 0 aliphatic carbocycles. The average Bonchev–Trinajstić information content (AvgIpc) is 2.54. The first-order valence-corrected chi connectivity index (χ1v) is 6.41. The van der Waals surface area contributed by atoms with Gasteiger partial charge in [-0.2, -0.15) is 17.6 Å². The molecule has 0 fully saturated rings. The van der Waals surface area contributed by atoms with E-state index in [1.165, 1.54) is 37.3 Å². The monoisotopic (exact) mass is 311 g/mol. The Kier molecular flexibility index (Phi) is 4.21. The summed E-state index contributed by atoms with van der Waals surface area (Å²) in [5.41, 5.74) is -0.997. The van der Waals surface area contributed by atoms with Crippen LogP contribution in [0, 0.1) is 0 Å². The van der Waals surface area contributed by atoms with Crippen LogP contribution in [0.3, 0.4) is 0 Å². The molecule has 0 saturated heterocycles. The van der Waals surface area contributed by atoms with Crippen LogP contribution in [0.2, 0.25) is 0 Å². The lowest BCUT2D eigenvalue weighted by molar-refractivity contribution is -0.223. The Hall–Kier alpha value is -2.37. The van der Waals surface area contributed by atoms with E-state index in [1.807, 2.05) is 0 Å². The SMILES string of the molecule is CC(=NO)c1ccc(C(F)(F)C(F)(F)c2ccccc2)cc1. The quantitative estimate of drug-likeness (QED) is 0.375. The van der Waals surface area contributed by atoms with Crippen molar-refractivity contribution in [2.45, 2.75) is 18.8 Å². The van der Waals surface area contributed by atoms with Gasteiger partial charge in [-0.3, -0.25) is 0 Å². The second-order valence-electron chi connectivity index (χ2n) is 4.78. The van der Waals surface area contributed by atoms with Crippen LogP contribution in [0.25, 0.3) is 0 Å². The van der Waals surface area contributed by atoms with E-state index in [9.17, 15) is 17.6 Å². The van der Waals surface area contributed by atoms with Crippen molar-refractivity contribution in [3.05, 3.63) is 71.3 Å². The van der Waals surface area contributed by atoms with E-state index < -0.39 is 23.0 Å². The molecule has 0 aromatic heterocycles. The predicted octanol–water partition coefficient (Wildman–Crippen LogP) is 4.77. The van der Waals surface area contributed by atoms with Gasteiger partial charge in [0.15, 0.2) is 0 Å². The van der Waals surface area contributed by atoms with Crippen LogP contribution in [0.1, 0.15) is 23.6 Å². The molecule has 2 aromatic carbocycles. The molecule has 0 radical (unpaired) electrons. The fourth-order valence-corrected chi connectivity index (χ4v) is 1.99. The molecule has 116 valence electrons. The minimum Gasteiger partial charge on any atom is -0.411 e. The Morgan fingerprint density at radius 2 is 1.27 bits per heavy atom. The van der Waals surface area contributed by atoms with Crippen LogP contribution in [0.4, 0.5) is 17.6 Å². The number of benzene rings is 2. The Balaban J connectivity index is 2.41. The minimum atomic E-state index is -4.36. The molecular formula is C16H13F4NO. The van der Waals surface area contributed by atoms with Crippen molar-refractivity contribution in [3.63, 3.8) is 0 Å². The summed E-state index contributed by atoms with van der Waals surface area (Å²) in [4.78, 5) is 0. The zero-order valence-corrected chi connectivity index (χ0v) is 11.6. The van der Waals surface area contributed by atoms with E-state index >= 15 is 0 Å². The highest BCUT2D eigenvalue weighted by atomic mass is 19.3. The van der Waals surface area contributed by atoms with Crippen LogP contribution < -0.4 is 0 Å². The largest absolute Gasteiger partial charge is 0.411 e. The second-order valence-corrected chi connectivity index (χ2v) is 4.78. The van der Waals surface area contributed by atoms with Gasteiger partial charge in [0.1, 0.15) is 0 Å². The molecule has 2 aromatic rings. The van der Waals surface area contributed by atoms with Gasteiger partial charge < -0.3 is 5.21 Å². The van der Waals surface area contributed by atoms with Crippen molar-refractivity contribution in [3.8, 4) is 0 Å². The van der Waals surface area contributed by atoms with E-state index in [0.29, 0.717) is 5.56 Å². The Bertz CT molecular complexity index is 666. The first kappa shape index (κ1) is 16.0. The normalized spacial score (nSPS) is 13.2. The molecule has 0 aliphatic rings. The van der Waals surface area contributed by atoms with Gasteiger partial charge >= 0.3 is 11.8 Å². The topological polar surface area (TPSA) is 32.6 Å². The van der Waals surface area contributed by atoms with Gasteiger partial charge in [-0.1, -0.05) is 59.8 Å². The number of oxime groups is 1. The molecule has 2 nitrogen and oxygen atoms in total. The number of nitrogens with zero attached hydrogens (tertiary/aromatic N) is 1. The van der Waals surface area contributed by atoms with Crippen molar-refractivity contribution >= 4 is 5.71 Å². The van der Waals surface area contributed by atoms with Crippen LogP contribution >= 0.6 is 0 Å². The molecule has 0 unspecified atom stereocenters. The molecule has 0 bridgehead atoms. The van der Waals surface area contributed by atoms with Crippen molar-refractivity contribution < 1.29 is 22.8 Å². The molecule has 0 atom stereocenters. The lowest BCUT2D eigenvalue weighted by Crippen LogP contribution is -2.35. The molecular weight excluding hydrogens is 298 g/mol. The van der Waals surface area contributed by atoms with Crippen LogP contribution in [-0.4, -0.2) is 10.9 Å². The van der Waals surface area contributed by atoms with E-state index in [2.05, 4.69) is 5.16 Å². The summed E-state index contributed by atoms with van der Waals surface area (Å²) in [6, 6.07) is 10.2. The van der Waals surface area contributed by atoms with Gasteiger partial charge in [0, 0.05) is 11.1 Å². The summed E-state index contributed by atoms with van der Waals surface area (Å²) in [6.07, 6.45) is 0. The van der Waals surface area contributed by atoms with Gasteiger partial charge in [-0.05, 0) is 12.5 Å². The van der Waals surface area contributed by atoms with Gasteiger partial charge in [-0.15, -0.1) is 0 Å². The highest BCUT2D eigenvalue weighted by Crippen LogP contribution is 2.49. The number of alkyl halides is 4. The molecule has 0 heterocycles. The first-order chi connectivity index (χ1) is 10.3. The number of rotatable bonds is 4. The summed E-state index contributed by atoms with van der Waals surface area (Å²) in [5, 5.41) is 11.5. The molecule has 6 heteroatoms. The number of hydrogen-bond donors (Lipinski definition) is 1. The Morgan fingerprint density at radius 3 is 1.73 bits per heavy atom. The Labute approximate surface area is 124 Å². The minimum absolute atomic E-state index is 0.199. The molecule has 22 heavy (non-hydrogen) atoms. The van der Waals surface area contributed by atoms with Crippen LogP contribution in [0.15, 0.2) is 59.8 Å². The molecule has 1 N–H and O–H groups in total. The van der Waals surface area contributed by atoms with Gasteiger partial charge in [-0.25, -0.2) is 0 Å².